The van der Waals surface area contributed by atoms with Gasteiger partial charge in [0.25, 0.3) is 0 Å². The van der Waals surface area contributed by atoms with Gasteiger partial charge in [0.1, 0.15) is 0 Å². The number of rotatable bonds is 9. The molecule has 1 aliphatic rings. The van der Waals surface area contributed by atoms with Crippen molar-refractivity contribution in [2.75, 3.05) is 6.54 Å². The molecule has 0 radical (unpaired) electrons. The van der Waals surface area contributed by atoms with Crippen LogP contribution in [0.25, 0.3) is 0 Å². The summed E-state index contributed by atoms with van der Waals surface area (Å²) in [7, 11) is 0. The molecule has 1 fully saturated rings. The predicted molar refractivity (Wildman–Crippen MR) is 105 cm³/mol. The number of nitrogens with one attached hydrogen (secondary N) is 2. The van der Waals surface area contributed by atoms with E-state index in [0.29, 0.717) is 12.8 Å². The molecule has 0 heterocycles. The number of hydrogen-bond donors (Lipinski definition) is 4. The Kier molecular flexibility index (Phi) is 8.10. The SMILES string of the molecule is CC(O)(CNC(=O)NC(CCC(=O)O)Cc1ccccc1)C1CCCCC1. The number of carbonyl (C=O) groups is 2. The molecule has 0 saturated heterocycles. The van der Waals surface area contributed by atoms with Crippen molar-refractivity contribution in [3.8, 4) is 0 Å². The van der Waals surface area contributed by atoms with Crippen LogP contribution in [-0.2, 0) is 11.2 Å². The van der Waals surface area contributed by atoms with Gasteiger partial charge in [0.15, 0.2) is 0 Å². The van der Waals surface area contributed by atoms with Crippen molar-refractivity contribution in [3.05, 3.63) is 35.9 Å². The summed E-state index contributed by atoms with van der Waals surface area (Å²) in [6.07, 6.45) is 6.37. The molecular formula is C21H32N2O4. The summed E-state index contributed by atoms with van der Waals surface area (Å²) in [4.78, 5) is 23.2. The van der Waals surface area contributed by atoms with E-state index >= 15 is 0 Å². The second-order valence-electron chi connectivity index (χ2n) is 7.84. The van der Waals surface area contributed by atoms with Crippen LogP contribution in [-0.4, -0.2) is 40.4 Å². The van der Waals surface area contributed by atoms with Crippen LogP contribution in [0.5, 0.6) is 0 Å². The lowest BCUT2D eigenvalue weighted by molar-refractivity contribution is -0.137. The van der Waals surface area contributed by atoms with Crippen molar-refractivity contribution in [3.63, 3.8) is 0 Å². The Hall–Kier alpha value is -2.08. The van der Waals surface area contributed by atoms with Gasteiger partial charge in [-0.15, -0.1) is 0 Å². The van der Waals surface area contributed by atoms with Gasteiger partial charge < -0.3 is 20.8 Å². The number of amides is 2. The molecule has 1 saturated carbocycles. The number of aliphatic hydroxyl groups is 1. The predicted octanol–water partition coefficient (Wildman–Crippen LogP) is 3.09. The lowest BCUT2D eigenvalue weighted by Gasteiger charge is -2.35. The van der Waals surface area contributed by atoms with E-state index in [4.69, 9.17) is 5.11 Å². The third-order valence-electron chi connectivity index (χ3n) is 5.46. The van der Waals surface area contributed by atoms with Crippen LogP contribution in [0.2, 0.25) is 0 Å². The third kappa shape index (κ3) is 7.59. The van der Waals surface area contributed by atoms with E-state index in [9.17, 15) is 14.7 Å². The van der Waals surface area contributed by atoms with Crippen molar-refractivity contribution in [1.29, 1.82) is 0 Å². The second kappa shape index (κ2) is 10.3. The quantitative estimate of drug-likeness (QED) is 0.532. The molecule has 0 bridgehead atoms. The molecule has 1 aromatic carbocycles. The summed E-state index contributed by atoms with van der Waals surface area (Å²) in [6.45, 7) is 1.98. The first-order valence-corrected chi connectivity index (χ1v) is 9.89. The highest BCUT2D eigenvalue weighted by Gasteiger charge is 2.33. The van der Waals surface area contributed by atoms with Crippen LogP contribution in [0.15, 0.2) is 30.3 Å². The fraction of sp³-hybridized carbons (Fsp3) is 0.619. The van der Waals surface area contributed by atoms with Gasteiger partial charge >= 0.3 is 12.0 Å². The van der Waals surface area contributed by atoms with E-state index in [1.54, 1.807) is 6.92 Å². The summed E-state index contributed by atoms with van der Waals surface area (Å²) in [5, 5.41) is 25.3. The van der Waals surface area contributed by atoms with Gasteiger partial charge in [0.2, 0.25) is 0 Å². The maximum Gasteiger partial charge on any atom is 0.315 e. The number of aliphatic carboxylic acids is 1. The largest absolute Gasteiger partial charge is 0.481 e. The summed E-state index contributed by atoms with van der Waals surface area (Å²) in [5.74, 6) is -0.672. The van der Waals surface area contributed by atoms with E-state index in [1.807, 2.05) is 30.3 Å². The van der Waals surface area contributed by atoms with E-state index in [-0.39, 0.29) is 31.0 Å². The first-order valence-electron chi connectivity index (χ1n) is 9.89. The van der Waals surface area contributed by atoms with Gasteiger partial charge in [-0.25, -0.2) is 4.79 Å². The zero-order valence-corrected chi connectivity index (χ0v) is 16.1. The third-order valence-corrected chi connectivity index (χ3v) is 5.46. The lowest BCUT2D eigenvalue weighted by Crippen LogP contribution is -2.51. The second-order valence-corrected chi connectivity index (χ2v) is 7.84. The van der Waals surface area contributed by atoms with Crippen molar-refractivity contribution < 1.29 is 19.8 Å². The van der Waals surface area contributed by atoms with E-state index in [1.165, 1.54) is 6.42 Å². The first-order chi connectivity index (χ1) is 12.9. The molecular weight excluding hydrogens is 344 g/mol. The Bertz CT molecular complexity index is 597. The van der Waals surface area contributed by atoms with Gasteiger partial charge in [0, 0.05) is 19.0 Å². The Morgan fingerprint density at radius 3 is 2.48 bits per heavy atom. The average molecular weight is 376 g/mol. The van der Waals surface area contributed by atoms with Gasteiger partial charge in [-0.05, 0) is 44.1 Å². The molecule has 2 atom stereocenters. The number of benzene rings is 1. The average Bonchev–Trinajstić information content (AvgIpc) is 2.66. The van der Waals surface area contributed by atoms with Crippen LogP contribution in [0.3, 0.4) is 0 Å². The normalized spacial score (nSPS) is 18.3. The summed E-state index contributed by atoms with van der Waals surface area (Å²) in [6, 6.07) is 9.04. The highest BCUT2D eigenvalue weighted by molar-refractivity contribution is 5.74. The van der Waals surface area contributed by atoms with E-state index in [2.05, 4.69) is 10.6 Å². The van der Waals surface area contributed by atoms with Crippen LogP contribution < -0.4 is 10.6 Å². The number of carboxylic acids is 1. The number of carbonyl (C=O) groups excluding carboxylic acids is 1. The van der Waals surface area contributed by atoms with Crippen molar-refractivity contribution in [2.45, 2.75) is 69.9 Å². The Morgan fingerprint density at radius 1 is 1.19 bits per heavy atom. The van der Waals surface area contributed by atoms with E-state index in [0.717, 1.165) is 31.2 Å². The summed E-state index contributed by atoms with van der Waals surface area (Å²) in [5.41, 5.74) is 0.121. The highest BCUT2D eigenvalue weighted by Crippen LogP contribution is 2.32. The molecule has 6 heteroatoms. The van der Waals surface area contributed by atoms with E-state index < -0.39 is 11.6 Å². The van der Waals surface area contributed by atoms with Gasteiger partial charge in [-0.3, -0.25) is 4.79 Å². The Morgan fingerprint density at radius 2 is 1.85 bits per heavy atom. The Labute approximate surface area is 161 Å². The lowest BCUT2D eigenvalue weighted by atomic mass is 9.78. The van der Waals surface area contributed by atoms with Crippen LogP contribution in [0.4, 0.5) is 4.79 Å². The molecule has 2 unspecified atom stereocenters. The molecule has 0 aliphatic heterocycles. The zero-order valence-electron chi connectivity index (χ0n) is 16.1. The fourth-order valence-electron chi connectivity index (χ4n) is 3.79. The number of hydrogen-bond acceptors (Lipinski definition) is 3. The van der Waals surface area contributed by atoms with Gasteiger partial charge in [-0.2, -0.15) is 0 Å². The minimum atomic E-state index is -0.923. The topological polar surface area (TPSA) is 98.7 Å². The molecule has 0 spiro atoms. The van der Waals surface area contributed by atoms with Crippen molar-refractivity contribution in [1.82, 2.24) is 10.6 Å². The van der Waals surface area contributed by atoms with Gasteiger partial charge in [0.05, 0.1) is 5.60 Å². The molecule has 6 nitrogen and oxygen atoms in total. The first kappa shape index (κ1) is 21.2. The summed E-state index contributed by atoms with van der Waals surface area (Å²) >= 11 is 0. The molecule has 2 rings (SSSR count). The number of carboxylic acid groups (broad SMARTS) is 1. The molecule has 150 valence electrons. The fourth-order valence-corrected chi connectivity index (χ4v) is 3.79. The molecule has 1 aromatic rings. The maximum atomic E-state index is 12.3. The minimum Gasteiger partial charge on any atom is -0.481 e. The zero-order chi connectivity index (χ0) is 19.7. The molecule has 4 N–H and O–H groups in total. The molecule has 1 aliphatic carbocycles. The van der Waals surface area contributed by atoms with Crippen LogP contribution in [0.1, 0.15) is 57.4 Å². The van der Waals surface area contributed by atoms with Gasteiger partial charge in [-0.1, -0.05) is 49.6 Å². The highest BCUT2D eigenvalue weighted by atomic mass is 16.4. The van der Waals surface area contributed by atoms with Crippen LogP contribution >= 0.6 is 0 Å². The molecule has 2 amide bonds. The monoisotopic (exact) mass is 376 g/mol. The minimum absolute atomic E-state index is 0.00241. The molecule has 27 heavy (non-hydrogen) atoms. The van der Waals surface area contributed by atoms with Crippen molar-refractivity contribution in [2.24, 2.45) is 5.92 Å². The Balaban J connectivity index is 1.86. The smallest absolute Gasteiger partial charge is 0.315 e. The molecule has 0 aromatic heterocycles. The standard InChI is InChI=1S/C21H32N2O4/c1-21(27,17-10-6-3-7-11-17)15-22-20(26)23-18(12-13-19(24)25)14-16-8-4-2-5-9-16/h2,4-5,8-9,17-18,27H,3,6-7,10-15H2,1H3,(H,24,25)(H2,22,23,26). The van der Waals surface area contributed by atoms with Crippen molar-refractivity contribution >= 4 is 12.0 Å². The summed E-state index contributed by atoms with van der Waals surface area (Å²) < 4.78 is 0. The van der Waals surface area contributed by atoms with Crippen LogP contribution in [0, 0.1) is 5.92 Å². The maximum absolute atomic E-state index is 12.3. The number of urea groups is 1.